The van der Waals surface area contributed by atoms with Gasteiger partial charge in [-0.15, -0.1) is 0 Å². The summed E-state index contributed by atoms with van der Waals surface area (Å²) in [4.78, 5) is 23.1. The zero-order valence-electron chi connectivity index (χ0n) is 12.8. The van der Waals surface area contributed by atoms with Crippen LogP contribution in [0.2, 0.25) is 0 Å². The van der Waals surface area contributed by atoms with Crippen LogP contribution in [-0.4, -0.2) is 42.9 Å². The molecule has 124 valence electrons. The normalized spacial score (nSPS) is 19.0. The van der Waals surface area contributed by atoms with Crippen LogP contribution in [-0.2, 0) is 19.6 Å². The molecule has 2 aliphatic rings. The third-order valence-electron chi connectivity index (χ3n) is 4.00. The quantitative estimate of drug-likeness (QED) is 0.838. The Morgan fingerprint density at radius 3 is 2.04 bits per heavy atom. The molecule has 1 saturated heterocycles. The molecule has 0 bridgehead atoms. The van der Waals surface area contributed by atoms with Gasteiger partial charge in [-0.05, 0) is 37.1 Å². The molecule has 2 fully saturated rings. The van der Waals surface area contributed by atoms with Gasteiger partial charge in [-0.25, -0.2) is 8.42 Å². The van der Waals surface area contributed by atoms with Crippen molar-refractivity contribution in [3.05, 3.63) is 24.3 Å². The van der Waals surface area contributed by atoms with Crippen LogP contribution in [0.3, 0.4) is 0 Å². The van der Waals surface area contributed by atoms with Crippen LogP contribution >= 0.6 is 0 Å². The molecule has 1 heterocycles. The largest absolute Gasteiger partial charge is 0.326 e. The zero-order valence-corrected chi connectivity index (χ0v) is 13.6. The van der Waals surface area contributed by atoms with Crippen LogP contribution in [0.5, 0.6) is 0 Å². The van der Waals surface area contributed by atoms with Crippen molar-refractivity contribution in [3.8, 4) is 0 Å². The van der Waals surface area contributed by atoms with E-state index in [9.17, 15) is 18.0 Å². The van der Waals surface area contributed by atoms with Gasteiger partial charge in [-0.1, -0.05) is 0 Å². The molecule has 2 N–H and O–H groups in total. The zero-order chi connectivity index (χ0) is 16.6. The van der Waals surface area contributed by atoms with E-state index in [4.69, 9.17) is 0 Å². The van der Waals surface area contributed by atoms with Crippen molar-refractivity contribution in [1.29, 1.82) is 0 Å². The van der Waals surface area contributed by atoms with Gasteiger partial charge in [0.15, 0.2) is 0 Å². The lowest BCUT2D eigenvalue weighted by Gasteiger charge is -2.37. The Morgan fingerprint density at radius 2 is 1.57 bits per heavy atom. The molecular formula is C15H19N3O4S. The second-order valence-corrected chi connectivity index (χ2v) is 8.22. The number of nitrogens with zero attached hydrogens (tertiary/aromatic N) is 1. The van der Waals surface area contributed by atoms with Crippen LogP contribution in [0.25, 0.3) is 0 Å². The van der Waals surface area contributed by atoms with Gasteiger partial charge in [-0.3, -0.25) is 9.59 Å². The first-order valence-electron chi connectivity index (χ1n) is 7.54. The number of carbonyl (C=O) groups excluding carboxylic acids is 2. The summed E-state index contributed by atoms with van der Waals surface area (Å²) in [6.07, 6.45) is 1.46. The lowest BCUT2D eigenvalue weighted by Crippen LogP contribution is -2.55. The third kappa shape index (κ3) is 3.53. The van der Waals surface area contributed by atoms with Crippen molar-refractivity contribution in [2.24, 2.45) is 5.92 Å². The summed E-state index contributed by atoms with van der Waals surface area (Å²) in [6.45, 7) is 1.94. The van der Waals surface area contributed by atoms with Gasteiger partial charge < -0.3 is 10.6 Å². The lowest BCUT2D eigenvalue weighted by atomic mass is 10.0. The van der Waals surface area contributed by atoms with Gasteiger partial charge in [-0.2, -0.15) is 4.31 Å². The summed E-state index contributed by atoms with van der Waals surface area (Å²) < 4.78 is 25.4. The molecule has 0 radical (unpaired) electrons. The topological polar surface area (TPSA) is 95.6 Å². The molecule has 1 aromatic rings. The SMILES string of the molecule is CC(=O)Nc1ccc(NC(=O)C2CN(S(=O)(=O)C3CC3)C2)cc1. The molecule has 1 aliphatic carbocycles. The van der Waals surface area contributed by atoms with Crippen LogP contribution in [0.15, 0.2) is 24.3 Å². The van der Waals surface area contributed by atoms with E-state index in [1.807, 2.05) is 0 Å². The van der Waals surface area contributed by atoms with Gasteiger partial charge in [0.2, 0.25) is 21.8 Å². The van der Waals surface area contributed by atoms with E-state index in [0.717, 1.165) is 12.8 Å². The summed E-state index contributed by atoms with van der Waals surface area (Å²) in [5.41, 5.74) is 1.27. The average Bonchev–Trinajstić information content (AvgIpc) is 3.23. The number of amides is 2. The number of sulfonamides is 1. The maximum absolute atomic E-state index is 12.1. The first kappa shape index (κ1) is 15.9. The van der Waals surface area contributed by atoms with Gasteiger partial charge >= 0.3 is 0 Å². The molecule has 1 aliphatic heterocycles. The predicted octanol–water partition coefficient (Wildman–Crippen LogP) is 1.01. The highest BCUT2D eigenvalue weighted by Gasteiger charge is 2.46. The minimum absolute atomic E-state index is 0.159. The molecule has 0 spiro atoms. The van der Waals surface area contributed by atoms with E-state index in [1.165, 1.54) is 11.2 Å². The van der Waals surface area contributed by atoms with Gasteiger partial charge in [0.25, 0.3) is 0 Å². The molecule has 0 atom stereocenters. The summed E-state index contributed by atoms with van der Waals surface area (Å²) in [5, 5.41) is 5.18. The van der Waals surface area contributed by atoms with E-state index in [-0.39, 0.29) is 36.1 Å². The molecule has 1 aromatic carbocycles. The predicted molar refractivity (Wildman–Crippen MR) is 86.4 cm³/mol. The molecule has 3 rings (SSSR count). The fourth-order valence-electron chi connectivity index (χ4n) is 2.47. The fourth-order valence-corrected chi connectivity index (χ4v) is 4.40. The van der Waals surface area contributed by atoms with Crippen LogP contribution in [0.1, 0.15) is 19.8 Å². The smallest absolute Gasteiger partial charge is 0.230 e. The number of hydrogen-bond donors (Lipinski definition) is 2. The van der Waals surface area contributed by atoms with Crippen molar-refractivity contribution in [2.45, 2.75) is 25.0 Å². The lowest BCUT2D eigenvalue weighted by molar-refractivity contribution is -0.122. The Hall–Kier alpha value is -1.93. The maximum Gasteiger partial charge on any atom is 0.230 e. The molecule has 7 nitrogen and oxygen atoms in total. The second kappa shape index (κ2) is 5.93. The molecule has 8 heteroatoms. The Balaban J connectivity index is 1.51. The highest BCUT2D eigenvalue weighted by atomic mass is 32.2. The van der Waals surface area contributed by atoms with Crippen LogP contribution < -0.4 is 10.6 Å². The van der Waals surface area contributed by atoms with Crippen molar-refractivity contribution >= 4 is 33.2 Å². The fraction of sp³-hybridized carbons (Fsp3) is 0.467. The highest BCUT2D eigenvalue weighted by Crippen LogP contribution is 2.34. The maximum atomic E-state index is 12.1. The van der Waals surface area contributed by atoms with Crippen molar-refractivity contribution in [2.75, 3.05) is 23.7 Å². The number of benzene rings is 1. The molecule has 1 saturated carbocycles. The van der Waals surface area contributed by atoms with Gasteiger partial charge in [0.05, 0.1) is 11.2 Å². The van der Waals surface area contributed by atoms with Crippen LogP contribution in [0, 0.1) is 5.92 Å². The van der Waals surface area contributed by atoms with Crippen LogP contribution in [0.4, 0.5) is 11.4 Å². The summed E-state index contributed by atoms with van der Waals surface area (Å²) in [6, 6.07) is 6.78. The minimum Gasteiger partial charge on any atom is -0.326 e. The number of carbonyl (C=O) groups is 2. The van der Waals surface area contributed by atoms with Crippen molar-refractivity contribution in [3.63, 3.8) is 0 Å². The van der Waals surface area contributed by atoms with E-state index in [2.05, 4.69) is 10.6 Å². The molecular weight excluding hydrogens is 318 g/mol. The van der Waals surface area contributed by atoms with Gasteiger partial charge in [0.1, 0.15) is 0 Å². The Bertz CT molecular complexity index is 720. The van der Waals surface area contributed by atoms with Crippen molar-refractivity contribution < 1.29 is 18.0 Å². The molecule has 0 unspecified atom stereocenters. The second-order valence-electron chi connectivity index (χ2n) is 6.01. The summed E-state index contributed by atoms with van der Waals surface area (Å²) in [7, 11) is -3.17. The van der Waals surface area contributed by atoms with E-state index < -0.39 is 10.0 Å². The molecule has 23 heavy (non-hydrogen) atoms. The highest BCUT2D eigenvalue weighted by molar-refractivity contribution is 7.90. The van der Waals surface area contributed by atoms with Crippen molar-refractivity contribution in [1.82, 2.24) is 4.31 Å². The van der Waals surface area contributed by atoms with E-state index >= 15 is 0 Å². The number of hydrogen-bond acceptors (Lipinski definition) is 4. The number of rotatable bonds is 5. The minimum atomic E-state index is -3.17. The average molecular weight is 337 g/mol. The third-order valence-corrected chi connectivity index (χ3v) is 6.33. The standard InChI is InChI=1S/C15H19N3O4S/c1-10(19)16-12-2-4-13(5-3-12)17-15(20)11-8-18(9-11)23(21,22)14-6-7-14/h2-5,11,14H,6-9H2,1H3,(H,16,19)(H,17,20). The first-order chi connectivity index (χ1) is 10.9. The Morgan fingerprint density at radius 1 is 1.04 bits per heavy atom. The summed E-state index contributed by atoms with van der Waals surface area (Å²) >= 11 is 0. The first-order valence-corrected chi connectivity index (χ1v) is 9.04. The Kier molecular flexibility index (Phi) is 4.11. The molecule has 0 aromatic heterocycles. The number of anilines is 2. The number of nitrogens with one attached hydrogen (secondary N) is 2. The Labute approximate surface area is 135 Å². The van der Waals surface area contributed by atoms with E-state index in [0.29, 0.717) is 11.4 Å². The summed E-state index contributed by atoms with van der Waals surface area (Å²) in [5.74, 6) is -0.647. The monoisotopic (exact) mass is 337 g/mol. The molecule has 2 amide bonds. The van der Waals surface area contributed by atoms with E-state index in [1.54, 1.807) is 24.3 Å². The van der Waals surface area contributed by atoms with Gasteiger partial charge in [0, 0.05) is 31.4 Å².